The lowest BCUT2D eigenvalue weighted by atomic mass is 10.0. The van der Waals surface area contributed by atoms with E-state index in [1.807, 2.05) is 0 Å². The number of carbonyl (C=O) groups excluding carboxylic acids is 2. The Morgan fingerprint density at radius 3 is 1.64 bits per heavy atom. The number of carbonyl (C=O) groups is 2. The minimum Gasteiger partial charge on any atom is -0.370 e. The Morgan fingerprint density at radius 2 is 1.18 bits per heavy atom. The van der Waals surface area contributed by atoms with Crippen LogP contribution in [0.5, 0.6) is 0 Å². The molecule has 4 heteroatoms. The summed E-state index contributed by atoms with van der Waals surface area (Å²) in [7, 11) is 0. The maximum Gasteiger partial charge on any atom is 0.219 e. The van der Waals surface area contributed by atoms with Gasteiger partial charge in [0, 0.05) is 19.4 Å². The molecule has 0 rings (SSSR count). The van der Waals surface area contributed by atoms with E-state index in [0.29, 0.717) is 12.8 Å². The standard InChI is InChI=1S/C18H36N2O2/c1-2-3-16-20-18(22)15-13-11-9-7-5-4-6-8-10-12-14-17(19)21/h2-16H2,1H3,(H2,19,21)(H,20,22). The lowest BCUT2D eigenvalue weighted by Gasteiger charge is -2.04. The van der Waals surface area contributed by atoms with E-state index in [0.717, 1.165) is 38.6 Å². The number of primary amides is 1. The summed E-state index contributed by atoms with van der Waals surface area (Å²) in [6, 6.07) is 0. The molecule has 0 aliphatic rings. The van der Waals surface area contributed by atoms with Gasteiger partial charge in [-0.15, -0.1) is 0 Å². The molecule has 0 aliphatic heterocycles. The van der Waals surface area contributed by atoms with Crippen LogP contribution in [-0.4, -0.2) is 18.4 Å². The second-order valence-corrected chi connectivity index (χ2v) is 6.21. The van der Waals surface area contributed by atoms with Crippen LogP contribution in [0.15, 0.2) is 0 Å². The van der Waals surface area contributed by atoms with Crippen LogP contribution in [0.1, 0.15) is 96.8 Å². The van der Waals surface area contributed by atoms with Crippen molar-refractivity contribution in [2.45, 2.75) is 96.8 Å². The van der Waals surface area contributed by atoms with Crippen molar-refractivity contribution >= 4 is 11.8 Å². The summed E-state index contributed by atoms with van der Waals surface area (Å²) in [5.41, 5.74) is 5.10. The van der Waals surface area contributed by atoms with Gasteiger partial charge in [-0.05, 0) is 19.3 Å². The number of amides is 2. The van der Waals surface area contributed by atoms with Crippen LogP contribution in [0, 0.1) is 0 Å². The summed E-state index contributed by atoms with van der Waals surface area (Å²) in [5, 5.41) is 2.96. The first-order chi connectivity index (χ1) is 10.7. The van der Waals surface area contributed by atoms with E-state index in [9.17, 15) is 9.59 Å². The van der Waals surface area contributed by atoms with Crippen molar-refractivity contribution in [1.82, 2.24) is 5.32 Å². The van der Waals surface area contributed by atoms with Crippen molar-refractivity contribution in [2.75, 3.05) is 6.54 Å². The first kappa shape index (κ1) is 20.9. The van der Waals surface area contributed by atoms with Gasteiger partial charge in [-0.1, -0.05) is 64.7 Å². The van der Waals surface area contributed by atoms with Gasteiger partial charge in [0.15, 0.2) is 0 Å². The number of hydrogen-bond donors (Lipinski definition) is 2. The molecule has 0 bridgehead atoms. The summed E-state index contributed by atoms with van der Waals surface area (Å²) in [6.07, 6.45) is 15.2. The van der Waals surface area contributed by atoms with Gasteiger partial charge >= 0.3 is 0 Å². The number of nitrogens with one attached hydrogen (secondary N) is 1. The molecule has 0 aliphatic carbocycles. The van der Waals surface area contributed by atoms with Crippen LogP contribution in [0.4, 0.5) is 0 Å². The predicted octanol–water partition coefficient (Wildman–Crippen LogP) is 4.07. The van der Waals surface area contributed by atoms with Crippen LogP contribution < -0.4 is 11.1 Å². The zero-order valence-corrected chi connectivity index (χ0v) is 14.5. The van der Waals surface area contributed by atoms with Crippen molar-refractivity contribution in [3.63, 3.8) is 0 Å². The maximum atomic E-state index is 11.5. The zero-order chi connectivity index (χ0) is 16.5. The molecule has 0 heterocycles. The molecule has 0 fully saturated rings. The summed E-state index contributed by atoms with van der Waals surface area (Å²) >= 11 is 0. The van der Waals surface area contributed by atoms with Crippen molar-refractivity contribution in [1.29, 1.82) is 0 Å². The highest BCUT2D eigenvalue weighted by molar-refractivity contribution is 5.75. The van der Waals surface area contributed by atoms with Crippen LogP contribution >= 0.6 is 0 Å². The molecule has 0 unspecified atom stereocenters. The summed E-state index contributed by atoms with van der Waals surface area (Å²) in [4.78, 5) is 22.0. The summed E-state index contributed by atoms with van der Waals surface area (Å²) in [6.45, 7) is 2.96. The molecular formula is C18H36N2O2. The van der Waals surface area contributed by atoms with Gasteiger partial charge in [-0.25, -0.2) is 0 Å². The van der Waals surface area contributed by atoms with Gasteiger partial charge in [0.05, 0.1) is 0 Å². The van der Waals surface area contributed by atoms with Crippen LogP contribution in [0.3, 0.4) is 0 Å². The second kappa shape index (κ2) is 16.3. The number of nitrogens with two attached hydrogens (primary N) is 1. The molecule has 0 aromatic carbocycles. The Morgan fingerprint density at radius 1 is 0.727 bits per heavy atom. The van der Waals surface area contributed by atoms with E-state index >= 15 is 0 Å². The predicted molar refractivity (Wildman–Crippen MR) is 92.5 cm³/mol. The zero-order valence-electron chi connectivity index (χ0n) is 14.5. The summed E-state index contributed by atoms with van der Waals surface area (Å²) < 4.78 is 0. The molecule has 0 spiro atoms. The Balaban J connectivity index is 3.11. The Labute approximate surface area is 136 Å². The molecule has 0 radical (unpaired) electrons. The second-order valence-electron chi connectivity index (χ2n) is 6.21. The third-order valence-electron chi connectivity index (χ3n) is 3.93. The van der Waals surface area contributed by atoms with E-state index in [-0.39, 0.29) is 11.8 Å². The molecular weight excluding hydrogens is 276 g/mol. The molecule has 4 nitrogen and oxygen atoms in total. The fourth-order valence-corrected chi connectivity index (χ4v) is 2.49. The van der Waals surface area contributed by atoms with Crippen LogP contribution in [-0.2, 0) is 9.59 Å². The Kier molecular flexibility index (Phi) is 15.5. The van der Waals surface area contributed by atoms with E-state index in [1.54, 1.807) is 0 Å². The molecule has 0 aromatic heterocycles. The highest BCUT2D eigenvalue weighted by Crippen LogP contribution is 2.11. The van der Waals surface area contributed by atoms with Gasteiger partial charge in [-0.3, -0.25) is 9.59 Å². The number of unbranched alkanes of at least 4 members (excludes halogenated alkanes) is 10. The van der Waals surface area contributed by atoms with Crippen molar-refractivity contribution in [3.05, 3.63) is 0 Å². The molecule has 0 aromatic rings. The van der Waals surface area contributed by atoms with Gasteiger partial charge < -0.3 is 11.1 Å². The minimum atomic E-state index is -0.181. The molecule has 0 saturated carbocycles. The van der Waals surface area contributed by atoms with Crippen molar-refractivity contribution in [3.8, 4) is 0 Å². The van der Waals surface area contributed by atoms with E-state index in [1.165, 1.54) is 44.9 Å². The molecule has 0 atom stereocenters. The average molecular weight is 312 g/mol. The lowest BCUT2D eigenvalue weighted by Crippen LogP contribution is -2.23. The first-order valence-corrected chi connectivity index (χ1v) is 9.21. The monoisotopic (exact) mass is 312 g/mol. The van der Waals surface area contributed by atoms with E-state index < -0.39 is 0 Å². The van der Waals surface area contributed by atoms with Gasteiger partial charge in [-0.2, -0.15) is 0 Å². The number of rotatable bonds is 16. The van der Waals surface area contributed by atoms with E-state index in [4.69, 9.17) is 5.73 Å². The molecule has 130 valence electrons. The highest BCUT2D eigenvalue weighted by atomic mass is 16.1. The molecule has 0 saturated heterocycles. The molecule has 2 amide bonds. The Hall–Kier alpha value is -1.06. The largest absolute Gasteiger partial charge is 0.370 e. The lowest BCUT2D eigenvalue weighted by molar-refractivity contribution is -0.121. The molecule has 22 heavy (non-hydrogen) atoms. The van der Waals surface area contributed by atoms with Gasteiger partial charge in [0.25, 0.3) is 0 Å². The van der Waals surface area contributed by atoms with Gasteiger partial charge in [0.2, 0.25) is 11.8 Å². The van der Waals surface area contributed by atoms with Crippen LogP contribution in [0.25, 0.3) is 0 Å². The average Bonchev–Trinajstić information content (AvgIpc) is 2.48. The molecule has 3 N–H and O–H groups in total. The normalized spacial score (nSPS) is 10.6. The quantitative estimate of drug-likeness (QED) is 0.422. The number of hydrogen-bond acceptors (Lipinski definition) is 2. The third kappa shape index (κ3) is 17.0. The van der Waals surface area contributed by atoms with E-state index in [2.05, 4.69) is 12.2 Å². The third-order valence-corrected chi connectivity index (χ3v) is 3.93. The minimum absolute atomic E-state index is 0.181. The highest BCUT2D eigenvalue weighted by Gasteiger charge is 2.00. The first-order valence-electron chi connectivity index (χ1n) is 9.21. The smallest absolute Gasteiger partial charge is 0.219 e. The topological polar surface area (TPSA) is 72.2 Å². The fourth-order valence-electron chi connectivity index (χ4n) is 2.49. The summed E-state index contributed by atoms with van der Waals surface area (Å²) in [5.74, 6) is 0.0310. The van der Waals surface area contributed by atoms with Crippen molar-refractivity contribution in [2.24, 2.45) is 5.73 Å². The fraction of sp³-hybridized carbons (Fsp3) is 0.889. The Bertz CT molecular complexity index is 280. The van der Waals surface area contributed by atoms with Crippen LogP contribution in [0.2, 0.25) is 0 Å². The maximum absolute atomic E-state index is 11.5. The SMILES string of the molecule is CCCCNC(=O)CCCCCCCCCCCCC(N)=O. The van der Waals surface area contributed by atoms with Gasteiger partial charge in [0.1, 0.15) is 0 Å². The van der Waals surface area contributed by atoms with Crippen molar-refractivity contribution < 1.29 is 9.59 Å².